The van der Waals surface area contributed by atoms with E-state index in [1.807, 2.05) is 30.0 Å². The third kappa shape index (κ3) is 6.60. The Bertz CT molecular complexity index is 706. The summed E-state index contributed by atoms with van der Waals surface area (Å²) in [7, 11) is 0. The summed E-state index contributed by atoms with van der Waals surface area (Å²) in [5.74, 6) is 1.36. The zero-order valence-corrected chi connectivity index (χ0v) is 17.9. The number of benzene rings is 1. The molecule has 0 aromatic heterocycles. The van der Waals surface area contributed by atoms with Gasteiger partial charge in [0.25, 0.3) is 0 Å². The molecule has 0 aliphatic carbocycles. The largest absolute Gasteiger partial charge is 0.490 e. The molecule has 1 N–H and O–H groups in total. The van der Waals surface area contributed by atoms with Crippen molar-refractivity contribution in [2.75, 3.05) is 59.2 Å². The standard InChI is InChI=1S/C22H33N3O5/c1-2-29-19-8-6-7-18-15-24(17-21(27)25-10-13-28-14-11-25)16-20(26)23-9-4-3-5-12-30-22(18)19/h6-8H,2-5,9-17H2,1H3,(H,23,26). The number of nitrogens with one attached hydrogen (secondary N) is 1. The molecule has 2 aliphatic heterocycles. The van der Waals surface area contributed by atoms with Gasteiger partial charge >= 0.3 is 0 Å². The SMILES string of the molecule is CCOc1cccc2c1OCCCCCNC(=O)CN(CC(=O)N1CCOCC1)C2. The van der Waals surface area contributed by atoms with E-state index in [1.165, 1.54) is 0 Å². The molecule has 2 aliphatic rings. The minimum Gasteiger partial charge on any atom is -0.490 e. The van der Waals surface area contributed by atoms with Gasteiger partial charge in [-0.3, -0.25) is 14.5 Å². The summed E-state index contributed by atoms with van der Waals surface area (Å²) in [5, 5.41) is 2.97. The molecule has 0 spiro atoms. The fourth-order valence-corrected chi connectivity index (χ4v) is 3.70. The summed E-state index contributed by atoms with van der Waals surface area (Å²) in [6, 6.07) is 5.80. The summed E-state index contributed by atoms with van der Waals surface area (Å²) in [6.07, 6.45) is 2.79. The summed E-state index contributed by atoms with van der Waals surface area (Å²) in [6.45, 7) is 6.78. The topological polar surface area (TPSA) is 80.3 Å². The summed E-state index contributed by atoms with van der Waals surface area (Å²) < 4.78 is 17.2. The third-order valence-corrected chi connectivity index (χ3v) is 5.23. The number of hydrogen-bond donors (Lipinski definition) is 1. The van der Waals surface area contributed by atoms with Gasteiger partial charge < -0.3 is 24.4 Å². The van der Waals surface area contributed by atoms with Crippen LogP contribution in [0.25, 0.3) is 0 Å². The van der Waals surface area contributed by atoms with E-state index in [-0.39, 0.29) is 24.9 Å². The van der Waals surface area contributed by atoms with E-state index >= 15 is 0 Å². The predicted octanol–water partition coefficient (Wildman–Crippen LogP) is 1.43. The van der Waals surface area contributed by atoms with Gasteiger partial charge in [0.2, 0.25) is 11.8 Å². The van der Waals surface area contributed by atoms with Gasteiger partial charge in [-0.15, -0.1) is 0 Å². The van der Waals surface area contributed by atoms with Crippen LogP contribution in [0.1, 0.15) is 31.7 Å². The van der Waals surface area contributed by atoms with Gasteiger partial charge in [0.15, 0.2) is 11.5 Å². The number of para-hydroxylation sites is 1. The van der Waals surface area contributed by atoms with Gasteiger partial charge in [-0.05, 0) is 32.3 Å². The Morgan fingerprint density at radius 2 is 1.97 bits per heavy atom. The zero-order chi connectivity index (χ0) is 21.2. The molecule has 1 aromatic carbocycles. The quantitative estimate of drug-likeness (QED) is 0.795. The average molecular weight is 420 g/mol. The monoisotopic (exact) mass is 419 g/mol. The van der Waals surface area contributed by atoms with Gasteiger partial charge in [-0.1, -0.05) is 12.1 Å². The lowest BCUT2D eigenvalue weighted by molar-refractivity contribution is -0.137. The maximum absolute atomic E-state index is 12.8. The first-order valence-electron chi connectivity index (χ1n) is 10.9. The third-order valence-electron chi connectivity index (χ3n) is 5.23. The van der Waals surface area contributed by atoms with Gasteiger partial charge in [0.1, 0.15) is 0 Å². The second-order valence-electron chi connectivity index (χ2n) is 7.57. The van der Waals surface area contributed by atoms with E-state index in [0.29, 0.717) is 64.1 Å². The summed E-state index contributed by atoms with van der Waals surface area (Å²) in [4.78, 5) is 29.0. The second-order valence-corrected chi connectivity index (χ2v) is 7.57. The van der Waals surface area contributed by atoms with Crippen molar-refractivity contribution in [3.63, 3.8) is 0 Å². The van der Waals surface area contributed by atoms with Crippen LogP contribution in [-0.2, 0) is 20.9 Å². The summed E-state index contributed by atoms with van der Waals surface area (Å²) in [5.41, 5.74) is 0.919. The molecular formula is C22H33N3O5. The maximum Gasteiger partial charge on any atom is 0.236 e. The van der Waals surface area contributed by atoms with Crippen LogP contribution < -0.4 is 14.8 Å². The number of carbonyl (C=O) groups is 2. The zero-order valence-electron chi connectivity index (χ0n) is 17.9. The number of amides is 2. The molecule has 0 radical (unpaired) electrons. The van der Waals surface area contributed by atoms with Crippen molar-refractivity contribution in [3.8, 4) is 11.5 Å². The number of ether oxygens (including phenoxy) is 3. The molecule has 1 saturated heterocycles. The minimum absolute atomic E-state index is 0.0128. The van der Waals surface area contributed by atoms with E-state index in [9.17, 15) is 9.59 Å². The van der Waals surface area contributed by atoms with Crippen molar-refractivity contribution in [2.24, 2.45) is 0 Å². The molecule has 8 heteroatoms. The normalized spacial score (nSPS) is 19.4. The molecule has 1 aromatic rings. The van der Waals surface area contributed by atoms with Crippen LogP contribution in [-0.4, -0.2) is 80.8 Å². The Morgan fingerprint density at radius 3 is 2.77 bits per heavy atom. The number of nitrogens with zero attached hydrogens (tertiary/aromatic N) is 2. The predicted molar refractivity (Wildman–Crippen MR) is 113 cm³/mol. The Hall–Kier alpha value is -2.32. The Morgan fingerprint density at radius 1 is 1.13 bits per heavy atom. The highest BCUT2D eigenvalue weighted by Gasteiger charge is 2.23. The smallest absolute Gasteiger partial charge is 0.236 e. The van der Waals surface area contributed by atoms with Crippen LogP contribution in [0.5, 0.6) is 11.5 Å². The van der Waals surface area contributed by atoms with Crippen LogP contribution in [0.4, 0.5) is 0 Å². The molecule has 30 heavy (non-hydrogen) atoms. The molecule has 166 valence electrons. The Labute approximate surface area is 178 Å². The lowest BCUT2D eigenvalue weighted by Crippen LogP contribution is -2.47. The molecule has 0 unspecified atom stereocenters. The number of carbonyl (C=O) groups excluding carboxylic acids is 2. The van der Waals surface area contributed by atoms with Crippen LogP contribution in [0.15, 0.2) is 18.2 Å². The fraction of sp³-hybridized carbons (Fsp3) is 0.636. The highest BCUT2D eigenvalue weighted by Crippen LogP contribution is 2.32. The van der Waals surface area contributed by atoms with Gasteiger partial charge in [-0.2, -0.15) is 0 Å². The number of hydrogen-bond acceptors (Lipinski definition) is 6. The van der Waals surface area contributed by atoms with Crippen LogP contribution in [0.3, 0.4) is 0 Å². The number of fused-ring (bicyclic) bond motifs is 1. The lowest BCUT2D eigenvalue weighted by Gasteiger charge is -2.30. The van der Waals surface area contributed by atoms with Crippen molar-refractivity contribution in [1.82, 2.24) is 15.1 Å². The van der Waals surface area contributed by atoms with E-state index in [0.717, 1.165) is 24.8 Å². The van der Waals surface area contributed by atoms with Crippen molar-refractivity contribution in [3.05, 3.63) is 23.8 Å². The molecular weight excluding hydrogens is 386 g/mol. The van der Waals surface area contributed by atoms with Gasteiger partial charge in [0.05, 0.1) is 39.5 Å². The molecule has 8 nitrogen and oxygen atoms in total. The average Bonchev–Trinajstić information content (AvgIpc) is 2.76. The summed E-state index contributed by atoms with van der Waals surface area (Å²) >= 11 is 0. The molecule has 0 bridgehead atoms. The van der Waals surface area contributed by atoms with E-state index in [1.54, 1.807) is 4.90 Å². The highest BCUT2D eigenvalue weighted by molar-refractivity contribution is 5.81. The maximum atomic E-state index is 12.8. The molecule has 0 atom stereocenters. The second kappa shape index (κ2) is 11.8. The molecule has 0 saturated carbocycles. The molecule has 2 amide bonds. The fourth-order valence-electron chi connectivity index (χ4n) is 3.70. The van der Waals surface area contributed by atoms with Crippen molar-refractivity contribution < 1.29 is 23.8 Å². The van der Waals surface area contributed by atoms with Gasteiger partial charge in [-0.25, -0.2) is 0 Å². The van der Waals surface area contributed by atoms with E-state index < -0.39 is 0 Å². The van der Waals surface area contributed by atoms with Crippen molar-refractivity contribution >= 4 is 11.8 Å². The molecule has 3 rings (SSSR count). The van der Waals surface area contributed by atoms with Gasteiger partial charge in [0, 0.05) is 31.7 Å². The number of morpholine rings is 1. The highest BCUT2D eigenvalue weighted by atomic mass is 16.5. The van der Waals surface area contributed by atoms with E-state index in [2.05, 4.69) is 5.32 Å². The van der Waals surface area contributed by atoms with E-state index in [4.69, 9.17) is 14.2 Å². The first-order chi connectivity index (χ1) is 14.7. The Balaban J connectivity index is 1.80. The van der Waals surface area contributed by atoms with Crippen molar-refractivity contribution in [1.29, 1.82) is 0 Å². The lowest BCUT2D eigenvalue weighted by atomic mass is 10.1. The minimum atomic E-state index is -0.0625. The number of rotatable bonds is 4. The van der Waals surface area contributed by atoms with Crippen molar-refractivity contribution in [2.45, 2.75) is 32.7 Å². The first kappa shape index (κ1) is 22.4. The van der Waals surface area contributed by atoms with Crippen LogP contribution in [0, 0.1) is 0 Å². The first-order valence-corrected chi connectivity index (χ1v) is 10.9. The molecule has 2 heterocycles. The Kier molecular flexibility index (Phi) is 8.77. The molecule has 1 fully saturated rings. The van der Waals surface area contributed by atoms with Crippen LogP contribution >= 0.6 is 0 Å². The van der Waals surface area contributed by atoms with Crippen LogP contribution in [0.2, 0.25) is 0 Å².